The average molecular weight is 256 g/mol. The van der Waals surface area contributed by atoms with E-state index >= 15 is 0 Å². The maximum atomic E-state index is 10.7. The molecule has 19 heavy (non-hydrogen) atoms. The van der Waals surface area contributed by atoms with Crippen LogP contribution in [0.3, 0.4) is 0 Å². The summed E-state index contributed by atoms with van der Waals surface area (Å²) >= 11 is 0. The number of rotatable bonds is 4. The fourth-order valence-electron chi connectivity index (χ4n) is 1.74. The minimum absolute atomic E-state index is 0.253. The van der Waals surface area contributed by atoms with Crippen LogP contribution in [0.4, 0.5) is 0 Å². The minimum atomic E-state index is -0.937. The van der Waals surface area contributed by atoms with E-state index in [1.807, 2.05) is 18.2 Å². The molecule has 0 aliphatic carbocycles. The number of hydrogen-bond donors (Lipinski definition) is 1. The molecule has 0 aliphatic heterocycles. The second-order valence-corrected chi connectivity index (χ2v) is 4.66. The Kier molecular flexibility index (Phi) is 3.85. The quantitative estimate of drug-likeness (QED) is 0.887. The van der Waals surface area contributed by atoms with Crippen LogP contribution in [-0.4, -0.2) is 11.1 Å². The molecule has 2 rings (SSSR count). The third-order valence-corrected chi connectivity index (χ3v) is 2.86. The number of carbonyl (C=O) groups is 1. The maximum Gasteiger partial charge on any atom is 0.335 e. The van der Waals surface area contributed by atoms with Gasteiger partial charge in [-0.1, -0.05) is 26.0 Å². The van der Waals surface area contributed by atoms with Crippen LogP contribution in [0.1, 0.15) is 35.7 Å². The molecule has 0 unspecified atom stereocenters. The van der Waals surface area contributed by atoms with Crippen LogP contribution >= 0.6 is 0 Å². The lowest BCUT2D eigenvalue weighted by Crippen LogP contribution is -1.95. The largest absolute Gasteiger partial charge is 0.478 e. The van der Waals surface area contributed by atoms with Crippen molar-refractivity contribution in [1.82, 2.24) is 0 Å². The molecule has 0 bridgehead atoms. The van der Waals surface area contributed by atoms with Gasteiger partial charge in [0.2, 0.25) is 0 Å². The Balaban J connectivity index is 2.16. The van der Waals surface area contributed by atoms with Crippen molar-refractivity contribution >= 4 is 5.97 Å². The summed E-state index contributed by atoms with van der Waals surface area (Å²) in [5.41, 5.74) is 1.46. The third kappa shape index (κ3) is 3.35. The van der Waals surface area contributed by atoms with Crippen molar-refractivity contribution in [3.63, 3.8) is 0 Å². The Hall–Kier alpha value is -2.29. The van der Waals surface area contributed by atoms with E-state index in [-0.39, 0.29) is 5.56 Å². The summed E-state index contributed by atoms with van der Waals surface area (Å²) in [4.78, 5) is 10.7. The number of benzene rings is 2. The standard InChI is InChI=1S/C16H16O3/c1-11(2)13-4-3-5-15(10-13)19-14-8-6-12(7-9-14)16(17)18/h3-11H,1-2H3,(H,17,18). The van der Waals surface area contributed by atoms with Crippen molar-refractivity contribution in [3.8, 4) is 11.5 Å². The first-order chi connectivity index (χ1) is 9.06. The normalized spacial score (nSPS) is 10.5. The average Bonchev–Trinajstić information content (AvgIpc) is 2.39. The van der Waals surface area contributed by atoms with Gasteiger partial charge in [0.05, 0.1) is 5.56 Å². The van der Waals surface area contributed by atoms with Crippen LogP contribution in [0.25, 0.3) is 0 Å². The van der Waals surface area contributed by atoms with Gasteiger partial charge < -0.3 is 9.84 Å². The summed E-state index contributed by atoms with van der Waals surface area (Å²) < 4.78 is 5.71. The number of carboxylic acids is 1. The number of carboxylic acid groups (broad SMARTS) is 1. The van der Waals surface area contributed by atoms with Crippen LogP contribution in [0.5, 0.6) is 11.5 Å². The van der Waals surface area contributed by atoms with Crippen molar-refractivity contribution in [2.75, 3.05) is 0 Å². The van der Waals surface area contributed by atoms with Crippen molar-refractivity contribution in [3.05, 3.63) is 59.7 Å². The van der Waals surface area contributed by atoms with Crippen LogP contribution in [0.15, 0.2) is 48.5 Å². The lowest BCUT2D eigenvalue weighted by atomic mass is 10.0. The number of hydrogen-bond acceptors (Lipinski definition) is 2. The van der Waals surface area contributed by atoms with Crippen molar-refractivity contribution in [2.24, 2.45) is 0 Å². The van der Waals surface area contributed by atoms with Gasteiger partial charge in [-0.25, -0.2) is 4.79 Å². The lowest BCUT2D eigenvalue weighted by Gasteiger charge is -2.09. The predicted octanol–water partition coefficient (Wildman–Crippen LogP) is 4.30. The molecule has 0 radical (unpaired) electrons. The van der Waals surface area contributed by atoms with E-state index in [2.05, 4.69) is 19.9 Å². The van der Waals surface area contributed by atoms with Crippen LogP contribution in [-0.2, 0) is 0 Å². The molecule has 0 saturated heterocycles. The fourth-order valence-corrected chi connectivity index (χ4v) is 1.74. The van der Waals surface area contributed by atoms with Crippen molar-refractivity contribution in [1.29, 1.82) is 0 Å². The molecule has 0 aromatic heterocycles. The molecule has 0 saturated carbocycles. The maximum absolute atomic E-state index is 10.7. The van der Waals surface area contributed by atoms with Gasteiger partial charge in [0.1, 0.15) is 11.5 Å². The predicted molar refractivity (Wildman–Crippen MR) is 74.0 cm³/mol. The third-order valence-electron chi connectivity index (χ3n) is 2.86. The molecular formula is C16H16O3. The number of aromatic carboxylic acids is 1. The van der Waals surface area contributed by atoms with E-state index in [1.54, 1.807) is 12.1 Å². The highest BCUT2D eigenvalue weighted by Crippen LogP contribution is 2.25. The van der Waals surface area contributed by atoms with E-state index in [4.69, 9.17) is 9.84 Å². The molecule has 2 aromatic rings. The van der Waals surface area contributed by atoms with Gasteiger partial charge >= 0.3 is 5.97 Å². The molecule has 3 nitrogen and oxygen atoms in total. The molecule has 0 aliphatic rings. The van der Waals surface area contributed by atoms with E-state index in [1.165, 1.54) is 17.7 Å². The first-order valence-electron chi connectivity index (χ1n) is 6.17. The van der Waals surface area contributed by atoms with E-state index in [0.717, 1.165) is 5.75 Å². The molecule has 0 spiro atoms. The molecule has 3 heteroatoms. The second-order valence-electron chi connectivity index (χ2n) is 4.66. The van der Waals surface area contributed by atoms with Gasteiger partial charge in [0.15, 0.2) is 0 Å². The van der Waals surface area contributed by atoms with Crippen LogP contribution in [0.2, 0.25) is 0 Å². The molecule has 0 amide bonds. The highest BCUT2D eigenvalue weighted by molar-refractivity contribution is 5.87. The van der Waals surface area contributed by atoms with Crippen molar-refractivity contribution < 1.29 is 14.6 Å². The van der Waals surface area contributed by atoms with Crippen LogP contribution < -0.4 is 4.74 Å². The van der Waals surface area contributed by atoms with E-state index < -0.39 is 5.97 Å². The molecule has 2 aromatic carbocycles. The first kappa shape index (κ1) is 13.1. The Labute approximate surface area is 112 Å². The fraction of sp³-hybridized carbons (Fsp3) is 0.188. The zero-order valence-corrected chi connectivity index (χ0v) is 11.0. The Morgan fingerprint density at radius 1 is 1.05 bits per heavy atom. The zero-order chi connectivity index (χ0) is 13.8. The van der Waals surface area contributed by atoms with E-state index in [9.17, 15) is 4.79 Å². The molecule has 0 fully saturated rings. The second kappa shape index (κ2) is 5.57. The first-order valence-corrected chi connectivity index (χ1v) is 6.17. The highest BCUT2D eigenvalue weighted by Gasteiger charge is 2.04. The Morgan fingerprint density at radius 3 is 2.32 bits per heavy atom. The van der Waals surface area contributed by atoms with E-state index in [0.29, 0.717) is 11.7 Å². The van der Waals surface area contributed by atoms with Crippen LogP contribution in [0, 0.1) is 0 Å². The molecule has 98 valence electrons. The summed E-state index contributed by atoms with van der Waals surface area (Å²) in [5.74, 6) is 0.895. The molecule has 1 N–H and O–H groups in total. The Morgan fingerprint density at radius 2 is 1.74 bits per heavy atom. The van der Waals surface area contributed by atoms with Gasteiger partial charge in [0, 0.05) is 0 Å². The monoisotopic (exact) mass is 256 g/mol. The number of ether oxygens (including phenoxy) is 1. The Bertz CT molecular complexity index is 571. The van der Waals surface area contributed by atoms with Gasteiger partial charge in [-0.15, -0.1) is 0 Å². The summed E-state index contributed by atoms with van der Waals surface area (Å²) in [7, 11) is 0. The van der Waals surface area contributed by atoms with Crippen molar-refractivity contribution in [2.45, 2.75) is 19.8 Å². The molecule has 0 atom stereocenters. The zero-order valence-electron chi connectivity index (χ0n) is 11.0. The summed E-state index contributed by atoms with van der Waals surface area (Å²) in [6.45, 7) is 4.25. The SMILES string of the molecule is CC(C)c1cccc(Oc2ccc(C(=O)O)cc2)c1. The summed E-state index contributed by atoms with van der Waals surface area (Å²) in [5, 5.41) is 8.82. The lowest BCUT2D eigenvalue weighted by molar-refractivity contribution is 0.0697. The van der Waals surface area contributed by atoms with Gasteiger partial charge in [-0.3, -0.25) is 0 Å². The highest BCUT2D eigenvalue weighted by atomic mass is 16.5. The van der Waals surface area contributed by atoms with Gasteiger partial charge in [-0.2, -0.15) is 0 Å². The molecule has 0 heterocycles. The van der Waals surface area contributed by atoms with Gasteiger partial charge in [0.25, 0.3) is 0 Å². The minimum Gasteiger partial charge on any atom is -0.478 e. The topological polar surface area (TPSA) is 46.5 Å². The van der Waals surface area contributed by atoms with Gasteiger partial charge in [-0.05, 0) is 47.9 Å². The summed E-state index contributed by atoms with van der Waals surface area (Å²) in [6.07, 6.45) is 0. The summed E-state index contributed by atoms with van der Waals surface area (Å²) in [6, 6.07) is 14.3. The molecular weight excluding hydrogens is 240 g/mol. The smallest absolute Gasteiger partial charge is 0.335 e.